The Bertz CT molecular complexity index is 1550. The number of benzene rings is 1. The highest BCUT2D eigenvalue weighted by molar-refractivity contribution is 5.92. The maximum Gasteiger partial charge on any atom is 0.268 e. The lowest BCUT2D eigenvalue weighted by Crippen LogP contribution is -2.33. The lowest BCUT2D eigenvalue weighted by Gasteiger charge is -2.15. The zero-order valence-corrected chi connectivity index (χ0v) is 22.5. The van der Waals surface area contributed by atoms with Gasteiger partial charge in [0.1, 0.15) is 17.7 Å². The van der Waals surface area contributed by atoms with Crippen molar-refractivity contribution in [3.05, 3.63) is 77.0 Å². The molecule has 1 fully saturated rings. The molecule has 4 aromatic rings. The SMILES string of the molecule is COc1ccc(-n2cnnn2)c(CNC(=O)/C(N)=C/N(N)Cc2cn3cc(C4CC4)cc(COCCN)c3n2)c1F. The zero-order valence-electron chi connectivity index (χ0n) is 22.5. The Labute approximate surface area is 234 Å². The lowest BCUT2D eigenvalue weighted by molar-refractivity contribution is -0.117. The van der Waals surface area contributed by atoms with Crippen LogP contribution >= 0.6 is 0 Å². The third-order valence-corrected chi connectivity index (χ3v) is 6.60. The van der Waals surface area contributed by atoms with E-state index in [1.54, 1.807) is 6.07 Å². The van der Waals surface area contributed by atoms with Crippen LogP contribution < -0.4 is 27.4 Å². The first-order valence-corrected chi connectivity index (χ1v) is 13.0. The molecule has 0 spiro atoms. The lowest BCUT2D eigenvalue weighted by atomic mass is 10.1. The summed E-state index contributed by atoms with van der Waals surface area (Å²) in [4.78, 5) is 17.5. The topological polar surface area (TPSA) is 190 Å². The molecule has 216 valence electrons. The molecule has 3 aromatic heterocycles. The number of halogens is 1. The summed E-state index contributed by atoms with van der Waals surface area (Å²) in [7, 11) is 1.35. The molecular weight excluding hydrogens is 533 g/mol. The zero-order chi connectivity index (χ0) is 28.9. The Kier molecular flexibility index (Phi) is 8.37. The van der Waals surface area contributed by atoms with Crippen molar-refractivity contribution in [2.45, 2.75) is 38.5 Å². The number of aromatic nitrogens is 6. The average Bonchev–Trinajstić information content (AvgIpc) is 3.50. The van der Waals surface area contributed by atoms with E-state index in [1.807, 2.05) is 10.6 Å². The van der Waals surface area contributed by atoms with Crippen molar-refractivity contribution in [1.29, 1.82) is 0 Å². The quantitative estimate of drug-likeness (QED) is 0.0769. The molecule has 3 heterocycles. The molecule has 0 aliphatic heterocycles. The molecule has 0 atom stereocenters. The van der Waals surface area contributed by atoms with E-state index >= 15 is 4.39 Å². The van der Waals surface area contributed by atoms with E-state index in [9.17, 15) is 4.79 Å². The van der Waals surface area contributed by atoms with Crippen molar-refractivity contribution in [3.8, 4) is 11.4 Å². The van der Waals surface area contributed by atoms with Crippen LogP contribution in [-0.2, 0) is 29.2 Å². The fraction of sp³-hybridized carbons (Fsp3) is 0.346. The number of hydrogen-bond acceptors (Lipinski definition) is 11. The van der Waals surface area contributed by atoms with Gasteiger partial charge >= 0.3 is 0 Å². The summed E-state index contributed by atoms with van der Waals surface area (Å²) in [5, 5.41) is 14.8. The van der Waals surface area contributed by atoms with Crippen molar-refractivity contribution >= 4 is 11.6 Å². The molecule has 1 aliphatic carbocycles. The third kappa shape index (κ3) is 6.42. The Morgan fingerprint density at radius 2 is 2.15 bits per heavy atom. The van der Waals surface area contributed by atoms with Gasteiger partial charge in [0, 0.05) is 42.8 Å². The number of ether oxygens (including phenoxy) is 2. The van der Waals surface area contributed by atoms with E-state index in [-0.39, 0.29) is 30.1 Å². The molecule has 14 nitrogen and oxygen atoms in total. The fourth-order valence-corrected chi connectivity index (χ4v) is 4.47. The molecule has 1 amide bonds. The summed E-state index contributed by atoms with van der Waals surface area (Å²) in [6.45, 7) is 1.28. The van der Waals surface area contributed by atoms with Crippen LogP contribution in [0.5, 0.6) is 5.75 Å². The van der Waals surface area contributed by atoms with Crippen LogP contribution in [0.2, 0.25) is 0 Å². The van der Waals surface area contributed by atoms with Crippen LogP contribution in [-0.4, -0.2) is 60.8 Å². The second-order valence-electron chi connectivity index (χ2n) is 9.65. The number of pyridine rings is 1. The minimum Gasteiger partial charge on any atom is -0.494 e. The van der Waals surface area contributed by atoms with Crippen molar-refractivity contribution < 1.29 is 18.7 Å². The molecular formula is C26H32FN11O3. The van der Waals surface area contributed by atoms with Gasteiger partial charge in [-0.05, 0) is 52.9 Å². The Hall–Kier alpha value is -4.60. The van der Waals surface area contributed by atoms with Gasteiger partial charge in [0.2, 0.25) is 0 Å². The van der Waals surface area contributed by atoms with E-state index in [0.29, 0.717) is 37.1 Å². The van der Waals surface area contributed by atoms with E-state index in [1.165, 1.54) is 53.8 Å². The number of fused-ring (bicyclic) bond motifs is 1. The van der Waals surface area contributed by atoms with E-state index in [4.69, 9.17) is 31.8 Å². The molecule has 1 aliphatic rings. The van der Waals surface area contributed by atoms with Gasteiger partial charge in [-0.15, -0.1) is 5.10 Å². The van der Waals surface area contributed by atoms with Crippen LogP contribution in [0.25, 0.3) is 11.3 Å². The first-order chi connectivity index (χ1) is 19.9. The molecule has 7 N–H and O–H groups in total. The Morgan fingerprint density at radius 3 is 2.85 bits per heavy atom. The summed E-state index contributed by atoms with van der Waals surface area (Å²) in [5.41, 5.74) is 15.5. The second kappa shape index (κ2) is 12.3. The van der Waals surface area contributed by atoms with E-state index < -0.39 is 11.7 Å². The molecule has 0 unspecified atom stereocenters. The molecule has 1 aromatic carbocycles. The first-order valence-electron chi connectivity index (χ1n) is 13.0. The number of hydrazine groups is 1. The molecule has 15 heteroatoms. The summed E-state index contributed by atoms with van der Waals surface area (Å²) in [5.74, 6) is 5.42. The van der Waals surface area contributed by atoms with Crippen LogP contribution in [0.15, 0.2) is 48.8 Å². The van der Waals surface area contributed by atoms with Gasteiger partial charge in [0.25, 0.3) is 5.91 Å². The van der Waals surface area contributed by atoms with Gasteiger partial charge in [0.15, 0.2) is 11.6 Å². The number of hydrogen-bond donors (Lipinski definition) is 4. The molecule has 5 rings (SSSR count). The fourth-order valence-electron chi connectivity index (χ4n) is 4.47. The number of tetrazole rings is 1. The highest BCUT2D eigenvalue weighted by Crippen LogP contribution is 2.40. The third-order valence-electron chi connectivity index (χ3n) is 6.60. The van der Waals surface area contributed by atoms with Gasteiger partial charge in [-0.2, -0.15) is 0 Å². The second-order valence-corrected chi connectivity index (χ2v) is 9.65. The number of carbonyl (C=O) groups excluding carboxylic acids is 1. The van der Waals surface area contributed by atoms with Crippen molar-refractivity contribution in [3.63, 3.8) is 0 Å². The number of nitrogens with two attached hydrogens (primary N) is 3. The average molecular weight is 566 g/mol. The van der Waals surface area contributed by atoms with Gasteiger partial charge in [-0.3, -0.25) is 4.79 Å². The number of rotatable bonds is 13. The highest BCUT2D eigenvalue weighted by atomic mass is 19.1. The number of amides is 1. The smallest absolute Gasteiger partial charge is 0.268 e. The van der Waals surface area contributed by atoms with Crippen molar-refractivity contribution in [2.24, 2.45) is 17.3 Å². The van der Waals surface area contributed by atoms with E-state index in [2.05, 4.69) is 33.1 Å². The molecule has 0 bridgehead atoms. The maximum absolute atomic E-state index is 15.1. The van der Waals surface area contributed by atoms with Crippen LogP contribution in [0.3, 0.4) is 0 Å². The van der Waals surface area contributed by atoms with Gasteiger partial charge in [-0.1, -0.05) is 0 Å². The number of carbonyl (C=O) groups is 1. The van der Waals surface area contributed by atoms with Gasteiger partial charge in [-0.25, -0.2) is 19.9 Å². The minimum atomic E-state index is -0.659. The van der Waals surface area contributed by atoms with Crippen molar-refractivity contribution in [1.82, 2.24) is 39.9 Å². The number of methoxy groups -OCH3 is 1. The van der Waals surface area contributed by atoms with Crippen molar-refractivity contribution in [2.75, 3.05) is 20.3 Å². The maximum atomic E-state index is 15.1. The summed E-state index contributed by atoms with van der Waals surface area (Å²) >= 11 is 0. The summed E-state index contributed by atoms with van der Waals surface area (Å²) in [6.07, 6.45) is 8.92. The molecule has 41 heavy (non-hydrogen) atoms. The summed E-state index contributed by atoms with van der Waals surface area (Å²) < 4.78 is 29.1. The molecule has 0 saturated heterocycles. The highest BCUT2D eigenvalue weighted by Gasteiger charge is 2.25. The predicted octanol–water partition coefficient (Wildman–Crippen LogP) is 0.603. The van der Waals surface area contributed by atoms with Crippen LogP contribution in [0, 0.1) is 5.82 Å². The first kappa shape index (κ1) is 27.9. The standard InChI is InChI=1S/C26H32FN11O3/c1-40-23-5-4-22(38-15-32-34-35-38)20(24(23)27)9-31-26(39)21(29)13-37(30)12-19-11-36-10-17(16-2-3-16)8-18(25(36)33-19)14-41-7-6-28/h4-5,8,10-11,13,15-16H,2-3,6-7,9,12,14,28-30H2,1H3,(H,31,39)/b21-13-. The molecule has 1 saturated carbocycles. The monoisotopic (exact) mass is 565 g/mol. The predicted molar refractivity (Wildman–Crippen MR) is 145 cm³/mol. The minimum absolute atomic E-state index is 0.00790. The summed E-state index contributed by atoms with van der Waals surface area (Å²) in [6, 6.07) is 5.16. The largest absolute Gasteiger partial charge is 0.494 e. The molecule has 0 radical (unpaired) electrons. The number of nitrogens with zero attached hydrogens (tertiary/aromatic N) is 7. The Morgan fingerprint density at radius 1 is 1.32 bits per heavy atom. The van der Waals surface area contributed by atoms with Gasteiger partial charge < -0.3 is 35.7 Å². The van der Waals surface area contributed by atoms with Gasteiger partial charge in [0.05, 0.1) is 38.2 Å². The number of nitrogens with one attached hydrogen (secondary N) is 1. The normalized spacial score (nSPS) is 13.5. The van der Waals surface area contributed by atoms with Crippen LogP contribution in [0.4, 0.5) is 4.39 Å². The number of imidazole rings is 1. The van der Waals surface area contributed by atoms with E-state index in [0.717, 1.165) is 11.2 Å². The van der Waals surface area contributed by atoms with Crippen LogP contribution in [0.1, 0.15) is 41.1 Å². The Balaban J connectivity index is 1.27.